The summed E-state index contributed by atoms with van der Waals surface area (Å²) in [6.07, 6.45) is 4.63. The van der Waals surface area contributed by atoms with Crippen LogP contribution in [0, 0.1) is 5.82 Å². The molecule has 1 aliphatic rings. The van der Waals surface area contributed by atoms with Crippen molar-refractivity contribution >= 4 is 39.0 Å². The molecule has 1 saturated heterocycles. The van der Waals surface area contributed by atoms with E-state index in [1.165, 1.54) is 12.1 Å². The molecule has 0 spiro atoms. The minimum atomic E-state index is -3.33. The first-order valence-electron chi connectivity index (χ1n) is 13.7. The molecule has 1 aliphatic heterocycles. The predicted molar refractivity (Wildman–Crippen MR) is 162 cm³/mol. The van der Waals surface area contributed by atoms with Crippen LogP contribution in [0.15, 0.2) is 66.7 Å². The molecule has 2 N–H and O–H groups in total. The SMILES string of the molecule is CCCCN(C(=O)Nc1ccc(Cl)cc1F)C1CCN(Cc2ccc(Oc3ccc(NS(C)(=O)=O)cc3)cc2)CC1. The number of amides is 2. The van der Waals surface area contributed by atoms with Gasteiger partial charge in [0.2, 0.25) is 10.0 Å². The van der Waals surface area contributed by atoms with Crippen LogP contribution in [0.3, 0.4) is 0 Å². The second kappa shape index (κ2) is 14.0. The van der Waals surface area contributed by atoms with Crippen LogP contribution in [0.2, 0.25) is 5.02 Å². The van der Waals surface area contributed by atoms with Gasteiger partial charge in [0.25, 0.3) is 0 Å². The number of unbranched alkanes of at least 4 members (excludes halogenated alkanes) is 1. The first-order valence-corrected chi connectivity index (χ1v) is 16.0. The standard InChI is InChI=1S/C30H36ClFN4O4S/c1-3-4-17-36(30(37)33-29-14-7-23(31)20-28(29)32)25-15-18-35(19-16-25)21-22-5-10-26(11-6-22)40-27-12-8-24(9-13-27)34-41(2,38)39/h5-14,20,25,34H,3-4,15-19,21H2,1-2H3,(H,33,37). The highest BCUT2D eigenvalue weighted by molar-refractivity contribution is 7.92. The summed E-state index contributed by atoms with van der Waals surface area (Å²) >= 11 is 5.85. The fourth-order valence-corrected chi connectivity index (χ4v) is 5.53. The Labute approximate surface area is 246 Å². The first kappa shape index (κ1) is 30.6. The van der Waals surface area contributed by atoms with E-state index in [2.05, 4.69) is 21.9 Å². The zero-order chi connectivity index (χ0) is 29.4. The fourth-order valence-electron chi connectivity index (χ4n) is 4.81. The third-order valence-corrected chi connectivity index (χ3v) is 7.75. The number of nitrogens with one attached hydrogen (secondary N) is 2. The molecule has 3 aromatic rings. The fraction of sp³-hybridized carbons (Fsp3) is 0.367. The van der Waals surface area contributed by atoms with E-state index in [9.17, 15) is 17.6 Å². The molecule has 0 saturated carbocycles. The van der Waals surface area contributed by atoms with Crippen molar-refractivity contribution in [3.05, 3.63) is 83.1 Å². The number of halogens is 2. The summed E-state index contributed by atoms with van der Waals surface area (Å²) in [5.74, 6) is 0.743. The van der Waals surface area contributed by atoms with Crippen LogP contribution in [0.4, 0.5) is 20.6 Å². The Balaban J connectivity index is 1.28. The van der Waals surface area contributed by atoms with Crippen molar-refractivity contribution in [2.24, 2.45) is 0 Å². The monoisotopic (exact) mass is 602 g/mol. The van der Waals surface area contributed by atoms with Crippen molar-refractivity contribution in [2.75, 3.05) is 35.9 Å². The van der Waals surface area contributed by atoms with Gasteiger partial charge in [-0.3, -0.25) is 9.62 Å². The van der Waals surface area contributed by atoms with Crippen molar-refractivity contribution in [1.29, 1.82) is 0 Å². The predicted octanol–water partition coefficient (Wildman–Crippen LogP) is 6.94. The van der Waals surface area contributed by atoms with Crippen LogP contribution in [0.1, 0.15) is 38.2 Å². The van der Waals surface area contributed by atoms with Crippen molar-refractivity contribution in [2.45, 2.75) is 45.2 Å². The third-order valence-electron chi connectivity index (χ3n) is 6.91. The summed E-state index contributed by atoms with van der Waals surface area (Å²) in [5.41, 5.74) is 1.76. The van der Waals surface area contributed by atoms with Gasteiger partial charge in [-0.05, 0) is 79.4 Å². The molecule has 1 heterocycles. The smallest absolute Gasteiger partial charge is 0.322 e. The molecule has 2 amide bonds. The lowest BCUT2D eigenvalue weighted by Gasteiger charge is -2.38. The topological polar surface area (TPSA) is 91.0 Å². The van der Waals surface area contributed by atoms with Gasteiger partial charge in [-0.15, -0.1) is 0 Å². The molecule has 4 rings (SSSR count). The Morgan fingerprint density at radius 2 is 1.68 bits per heavy atom. The highest BCUT2D eigenvalue weighted by Gasteiger charge is 2.28. The van der Waals surface area contributed by atoms with Gasteiger partial charge in [-0.25, -0.2) is 17.6 Å². The molecule has 1 fully saturated rings. The average molecular weight is 603 g/mol. The lowest BCUT2D eigenvalue weighted by atomic mass is 10.0. The molecule has 0 atom stereocenters. The molecular formula is C30H36ClFN4O4S. The number of carbonyl (C=O) groups is 1. The Bertz CT molecular complexity index is 1410. The normalized spacial score (nSPS) is 14.4. The summed E-state index contributed by atoms with van der Waals surface area (Å²) in [4.78, 5) is 17.3. The van der Waals surface area contributed by atoms with E-state index in [0.29, 0.717) is 23.7 Å². The number of anilines is 2. The number of hydrogen-bond donors (Lipinski definition) is 2. The minimum absolute atomic E-state index is 0.0861. The van der Waals surface area contributed by atoms with Gasteiger partial charge in [0, 0.05) is 42.9 Å². The van der Waals surface area contributed by atoms with Gasteiger partial charge in [-0.1, -0.05) is 37.1 Å². The van der Waals surface area contributed by atoms with Gasteiger partial charge in [-0.2, -0.15) is 0 Å². The number of rotatable bonds is 11. The zero-order valence-electron chi connectivity index (χ0n) is 23.3. The molecular weight excluding hydrogens is 567 g/mol. The number of nitrogens with zero attached hydrogens (tertiary/aromatic N) is 2. The van der Waals surface area contributed by atoms with Crippen LogP contribution in [-0.4, -0.2) is 56.2 Å². The van der Waals surface area contributed by atoms with E-state index in [-0.39, 0.29) is 22.8 Å². The maximum atomic E-state index is 14.3. The Hall–Kier alpha value is -3.34. The van der Waals surface area contributed by atoms with Crippen molar-refractivity contribution in [3.8, 4) is 11.5 Å². The van der Waals surface area contributed by atoms with Gasteiger partial charge < -0.3 is 15.0 Å². The highest BCUT2D eigenvalue weighted by Crippen LogP contribution is 2.26. The second-order valence-electron chi connectivity index (χ2n) is 10.3. The van der Waals surface area contributed by atoms with Gasteiger partial charge in [0.1, 0.15) is 17.3 Å². The molecule has 220 valence electrons. The summed E-state index contributed by atoms with van der Waals surface area (Å²) in [6.45, 7) is 5.20. The lowest BCUT2D eigenvalue weighted by molar-refractivity contribution is 0.122. The summed E-state index contributed by atoms with van der Waals surface area (Å²) in [5, 5.41) is 3.02. The van der Waals surface area contributed by atoms with Gasteiger partial charge in [0.05, 0.1) is 11.9 Å². The Kier molecular flexibility index (Phi) is 10.5. The van der Waals surface area contributed by atoms with E-state index in [0.717, 1.165) is 57.1 Å². The van der Waals surface area contributed by atoms with Crippen LogP contribution in [0.5, 0.6) is 11.5 Å². The largest absolute Gasteiger partial charge is 0.457 e. The number of carbonyl (C=O) groups excluding carboxylic acids is 1. The number of ether oxygens (including phenoxy) is 1. The first-order chi connectivity index (χ1) is 19.6. The number of likely N-dealkylation sites (tertiary alicyclic amines) is 1. The number of piperidine rings is 1. The molecule has 8 nitrogen and oxygen atoms in total. The van der Waals surface area contributed by atoms with Crippen LogP contribution >= 0.6 is 11.6 Å². The molecule has 3 aromatic carbocycles. The highest BCUT2D eigenvalue weighted by atomic mass is 35.5. The second-order valence-corrected chi connectivity index (χ2v) is 12.4. The molecule has 0 radical (unpaired) electrons. The van der Waals surface area contributed by atoms with Crippen molar-refractivity contribution in [3.63, 3.8) is 0 Å². The number of hydrogen-bond acceptors (Lipinski definition) is 5. The van der Waals surface area contributed by atoms with E-state index >= 15 is 0 Å². The van der Waals surface area contributed by atoms with Crippen LogP contribution in [0.25, 0.3) is 0 Å². The molecule has 11 heteroatoms. The minimum Gasteiger partial charge on any atom is -0.457 e. The lowest BCUT2D eigenvalue weighted by Crippen LogP contribution is -2.49. The van der Waals surface area contributed by atoms with Crippen LogP contribution in [-0.2, 0) is 16.6 Å². The molecule has 0 bridgehead atoms. The van der Waals surface area contributed by atoms with E-state index in [1.807, 2.05) is 29.2 Å². The summed E-state index contributed by atoms with van der Waals surface area (Å²) in [7, 11) is -3.33. The van der Waals surface area contributed by atoms with Gasteiger partial charge in [0.15, 0.2) is 0 Å². The van der Waals surface area contributed by atoms with E-state index in [4.69, 9.17) is 16.3 Å². The van der Waals surface area contributed by atoms with Crippen molar-refractivity contribution in [1.82, 2.24) is 9.80 Å². The number of benzene rings is 3. The summed E-state index contributed by atoms with van der Waals surface area (Å²) < 4.78 is 45.3. The molecule has 0 aliphatic carbocycles. The third kappa shape index (κ3) is 9.34. The number of sulfonamides is 1. The Morgan fingerprint density at radius 3 is 2.27 bits per heavy atom. The Morgan fingerprint density at radius 1 is 1.05 bits per heavy atom. The van der Waals surface area contributed by atoms with Crippen molar-refractivity contribution < 1.29 is 22.3 Å². The quantitative estimate of drug-likeness (QED) is 0.248. The van der Waals surface area contributed by atoms with E-state index in [1.54, 1.807) is 30.3 Å². The number of urea groups is 1. The maximum Gasteiger partial charge on any atom is 0.322 e. The zero-order valence-corrected chi connectivity index (χ0v) is 24.8. The summed E-state index contributed by atoms with van der Waals surface area (Å²) in [6, 6.07) is 18.7. The van der Waals surface area contributed by atoms with Crippen LogP contribution < -0.4 is 14.8 Å². The average Bonchev–Trinajstić information content (AvgIpc) is 2.93. The maximum absolute atomic E-state index is 14.3. The molecule has 41 heavy (non-hydrogen) atoms. The molecule has 0 aromatic heterocycles. The molecule has 0 unspecified atom stereocenters. The van der Waals surface area contributed by atoms with E-state index < -0.39 is 15.8 Å². The van der Waals surface area contributed by atoms with Gasteiger partial charge >= 0.3 is 6.03 Å².